The van der Waals surface area contributed by atoms with E-state index in [0.29, 0.717) is 5.69 Å². The minimum absolute atomic E-state index is 0.131. The van der Waals surface area contributed by atoms with E-state index < -0.39 is 6.10 Å². The maximum atomic E-state index is 10.8. The summed E-state index contributed by atoms with van der Waals surface area (Å²) in [5.41, 5.74) is 1.41. The normalized spacial score (nSPS) is 12.2. The number of rotatable bonds is 2. The Hall–Kier alpha value is -1.35. The first kappa shape index (κ1) is 9.74. The molecule has 0 fully saturated rings. The molecule has 0 saturated heterocycles. The van der Waals surface area contributed by atoms with Gasteiger partial charge in [0.25, 0.3) is 0 Å². The highest BCUT2D eigenvalue weighted by Gasteiger charge is 2.06. The van der Waals surface area contributed by atoms with Crippen LogP contribution in [0.4, 0.5) is 5.69 Å². The quantitative estimate of drug-likeness (QED) is 0.726. The van der Waals surface area contributed by atoms with E-state index >= 15 is 0 Å². The van der Waals surface area contributed by atoms with Crippen LogP contribution in [0.2, 0.25) is 0 Å². The van der Waals surface area contributed by atoms with Crippen LogP contribution >= 0.6 is 0 Å². The lowest BCUT2D eigenvalue weighted by Crippen LogP contribution is -2.09. The number of hydrogen-bond donors (Lipinski definition) is 2. The molecule has 70 valence electrons. The molecule has 0 aliphatic heterocycles. The summed E-state index contributed by atoms with van der Waals surface area (Å²) in [5.74, 6) is -0.131. The lowest BCUT2D eigenvalue weighted by atomic mass is 10.1. The van der Waals surface area contributed by atoms with E-state index in [2.05, 4.69) is 5.32 Å². The van der Waals surface area contributed by atoms with Crippen molar-refractivity contribution in [3.8, 4) is 0 Å². The van der Waals surface area contributed by atoms with E-state index in [-0.39, 0.29) is 5.91 Å². The van der Waals surface area contributed by atoms with Crippen LogP contribution in [-0.2, 0) is 4.79 Å². The second kappa shape index (κ2) is 4.05. The molecule has 0 saturated carbocycles. The maximum absolute atomic E-state index is 10.8. The molecule has 1 atom stereocenters. The summed E-state index contributed by atoms with van der Waals surface area (Å²) in [7, 11) is 0. The Morgan fingerprint density at radius 1 is 1.46 bits per heavy atom. The van der Waals surface area contributed by atoms with Crippen LogP contribution in [0.3, 0.4) is 0 Å². The minimum Gasteiger partial charge on any atom is -0.389 e. The van der Waals surface area contributed by atoms with Crippen LogP contribution in [0.5, 0.6) is 0 Å². The average Bonchev–Trinajstić information content (AvgIpc) is 2.03. The summed E-state index contributed by atoms with van der Waals surface area (Å²) >= 11 is 0. The number of anilines is 1. The van der Waals surface area contributed by atoms with E-state index in [9.17, 15) is 9.90 Å². The van der Waals surface area contributed by atoms with Gasteiger partial charge >= 0.3 is 0 Å². The first-order chi connectivity index (χ1) is 6.11. The van der Waals surface area contributed by atoms with Gasteiger partial charge in [-0.3, -0.25) is 4.79 Å². The first-order valence-corrected chi connectivity index (χ1v) is 4.16. The van der Waals surface area contributed by atoms with E-state index in [1.807, 2.05) is 12.1 Å². The van der Waals surface area contributed by atoms with E-state index in [0.717, 1.165) is 5.56 Å². The standard InChI is InChI=1S/C10H13NO2/c1-7(12)9-5-3-4-6-10(9)11-8(2)13/h3-7,12H,1-2H3,(H,11,13)/t7-/m0/s1. The molecule has 0 aliphatic rings. The van der Waals surface area contributed by atoms with Gasteiger partial charge in [-0.15, -0.1) is 0 Å². The predicted molar refractivity (Wildman–Crippen MR) is 51.4 cm³/mol. The Balaban J connectivity index is 2.97. The maximum Gasteiger partial charge on any atom is 0.221 e. The summed E-state index contributed by atoms with van der Waals surface area (Å²) < 4.78 is 0. The molecule has 3 heteroatoms. The molecule has 0 heterocycles. The van der Waals surface area contributed by atoms with Gasteiger partial charge in [-0.05, 0) is 13.0 Å². The van der Waals surface area contributed by atoms with Crippen LogP contribution < -0.4 is 5.32 Å². The number of para-hydroxylation sites is 1. The molecule has 0 radical (unpaired) electrons. The molecule has 1 aromatic carbocycles. The molecular formula is C10H13NO2. The van der Waals surface area contributed by atoms with Crippen LogP contribution in [-0.4, -0.2) is 11.0 Å². The fraction of sp³-hybridized carbons (Fsp3) is 0.300. The average molecular weight is 179 g/mol. The molecule has 0 aromatic heterocycles. The Labute approximate surface area is 77.4 Å². The van der Waals surface area contributed by atoms with Gasteiger partial charge in [0, 0.05) is 18.2 Å². The SMILES string of the molecule is CC(=O)Nc1ccccc1[C@H](C)O. The molecule has 2 N–H and O–H groups in total. The number of aliphatic hydroxyl groups is 1. The van der Waals surface area contributed by atoms with Gasteiger partial charge in [0.15, 0.2) is 0 Å². The molecule has 0 spiro atoms. The molecule has 0 aliphatic carbocycles. The van der Waals surface area contributed by atoms with Crippen molar-refractivity contribution in [2.45, 2.75) is 20.0 Å². The number of carbonyl (C=O) groups is 1. The van der Waals surface area contributed by atoms with Crippen molar-refractivity contribution in [2.75, 3.05) is 5.32 Å². The largest absolute Gasteiger partial charge is 0.389 e. The van der Waals surface area contributed by atoms with Crippen LogP contribution in [0.25, 0.3) is 0 Å². The molecule has 0 unspecified atom stereocenters. The van der Waals surface area contributed by atoms with Crippen molar-refractivity contribution >= 4 is 11.6 Å². The van der Waals surface area contributed by atoms with E-state index in [4.69, 9.17) is 0 Å². The van der Waals surface area contributed by atoms with Crippen molar-refractivity contribution < 1.29 is 9.90 Å². The van der Waals surface area contributed by atoms with Crippen LogP contribution in [0, 0.1) is 0 Å². The molecule has 1 aromatic rings. The van der Waals surface area contributed by atoms with Gasteiger partial charge in [-0.2, -0.15) is 0 Å². The van der Waals surface area contributed by atoms with Crippen LogP contribution in [0.1, 0.15) is 25.5 Å². The Bertz CT molecular complexity index is 308. The van der Waals surface area contributed by atoms with E-state index in [1.165, 1.54) is 6.92 Å². The van der Waals surface area contributed by atoms with Crippen LogP contribution in [0.15, 0.2) is 24.3 Å². The van der Waals surface area contributed by atoms with Crippen molar-refractivity contribution in [3.05, 3.63) is 29.8 Å². The monoisotopic (exact) mass is 179 g/mol. The number of benzene rings is 1. The van der Waals surface area contributed by atoms with Crippen molar-refractivity contribution in [1.29, 1.82) is 0 Å². The molecule has 0 bridgehead atoms. The fourth-order valence-electron chi connectivity index (χ4n) is 1.16. The minimum atomic E-state index is -0.567. The Morgan fingerprint density at radius 3 is 2.62 bits per heavy atom. The second-order valence-electron chi connectivity index (χ2n) is 2.94. The summed E-state index contributed by atoms with van der Waals surface area (Å²) in [4.78, 5) is 10.8. The van der Waals surface area contributed by atoms with Crippen molar-refractivity contribution in [2.24, 2.45) is 0 Å². The number of amides is 1. The predicted octanol–water partition coefficient (Wildman–Crippen LogP) is 1.70. The van der Waals surface area contributed by atoms with E-state index in [1.54, 1.807) is 19.1 Å². The number of aliphatic hydroxyl groups excluding tert-OH is 1. The van der Waals surface area contributed by atoms with Gasteiger partial charge in [0.05, 0.1) is 6.10 Å². The van der Waals surface area contributed by atoms with Gasteiger partial charge < -0.3 is 10.4 Å². The van der Waals surface area contributed by atoms with Crippen molar-refractivity contribution in [1.82, 2.24) is 0 Å². The zero-order valence-electron chi connectivity index (χ0n) is 7.74. The molecule has 3 nitrogen and oxygen atoms in total. The summed E-state index contributed by atoms with van der Waals surface area (Å²) in [6.07, 6.45) is -0.567. The van der Waals surface area contributed by atoms with Gasteiger partial charge in [0.2, 0.25) is 5.91 Å². The molecule has 1 amide bonds. The third-order valence-electron chi connectivity index (χ3n) is 1.72. The third kappa shape index (κ3) is 2.56. The number of hydrogen-bond acceptors (Lipinski definition) is 2. The zero-order chi connectivity index (χ0) is 9.84. The lowest BCUT2D eigenvalue weighted by Gasteiger charge is -2.11. The lowest BCUT2D eigenvalue weighted by molar-refractivity contribution is -0.114. The fourth-order valence-corrected chi connectivity index (χ4v) is 1.16. The smallest absolute Gasteiger partial charge is 0.221 e. The Morgan fingerprint density at radius 2 is 2.08 bits per heavy atom. The summed E-state index contributed by atoms with van der Waals surface area (Å²) in [6.45, 7) is 3.11. The van der Waals surface area contributed by atoms with Gasteiger partial charge in [-0.25, -0.2) is 0 Å². The highest BCUT2D eigenvalue weighted by atomic mass is 16.3. The van der Waals surface area contributed by atoms with Gasteiger partial charge in [-0.1, -0.05) is 18.2 Å². The summed E-state index contributed by atoms with van der Waals surface area (Å²) in [6, 6.07) is 7.20. The van der Waals surface area contributed by atoms with Gasteiger partial charge in [0.1, 0.15) is 0 Å². The zero-order valence-corrected chi connectivity index (χ0v) is 7.74. The Kier molecular flexibility index (Phi) is 3.03. The second-order valence-corrected chi connectivity index (χ2v) is 2.94. The summed E-state index contributed by atoms with van der Waals surface area (Å²) in [5, 5.41) is 12.0. The molecular weight excluding hydrogens is 166 g/mol. The molecule has 1 rings (SSSR count). The first-order valence-electron chi connectivity index (χ1n) is 4.16. The third-order valence-corrected chi connectivity index (χ3v) is 1.72. The topological polar surface area (TPSA) is 49.3 Å². The highest BCUT2D eigenvalue weighted by Crippen LogP contribution is 2.21. The number of carbonyl (C=O) groups excluding carboxylic acids is 1. The van der Waals surface area contributed by atoms with Crippen molar-refractivity contribution in [3.63, 3.8) is 0 Å². The highest BCUT2D eigenvalue weighted by molar-refractivity contribution is 5.89. The molecule has 13 heavy (non-hydrogen) atoms. The number of nitrogens with one attached hydrogen (secondary N) is 1.